The molecule has 0 spiro atoms. The Kier molecular flexibility index (Phi) is 5.10. The van der Waals surface area contributed by atoms with Crippen LogP contribution in [0.15, 0.2) is 23.5 Å². The molecule has 0 heterocycles. The van der Waals surface area contributed by atoms with Crippen LogP contribution >= 0.6 is 0 Å². The highest BCUT2D eigenvalue weighted by Crippen LogP contribution is 2.28. The molecule has 0 bridgehead atoms. The summed E-state index contributed by atoms with van der Waals surface area (Å²) in [6.07, 6.45) is 6.70. The highest BCUT2D eigenvalue weighted by Gasteiger charge is 2.14. The van der Waals surface area contributed by atoms with Crippen molar-refractivity contribution < 1.29 is 17.9 Å². The summed E-state index contributed by atoms with van der Waals surface area (Å²) in [5, 5.41) is 0. The topological polar surface area (TPSA) is 9.23 Å². The van der Waals surface area contributed by atoms with Gasteiger partial charge in [0.1, 0.15) is 0 Å². The molecule has 110 valence electrons. The maximum absolute atomic E-state index is 13.1. The van der Waals surface area contributed by atoms with Crippen LogP contribution in [-0.2, 0) is 11.2 Å². The summed E-state index contributed by atoms with van der Waals surface area (Å²) in [5.74, 6) is -2.77. The van der Waals surface area contributed by atoms with Gasteiger partial charge in [-0.25, -0.2) is 13.2 Å². The smallest absolute Gasteiger partial charge is 0.194 e. The molecule has 1 aromatic carbocycles. The van der Waals surface area contributed by atoms with Gasteiger partial charge < -0.3 is 4.74 Å². The lowest BCUT2D eigenvalue weighted by atomic mass is 9.92. The Hall–Kier alpha value is -1.45. The molecule has 0 N–H and O–H groups in total. The van der Waals surface area contributed by atoms with Crippen LogP contribution in [0.25, 0.3) is 0 Å². The second kappa shape index (κ2) is 6.82. The van der Waals surface area contributed by atoms with Crippen LogP contribution in [0.4, 0.5) is 13.2 Å². The van der Waals surface area contributed by atoms with E-state index in [2.05, 4.69) is 0 Å². The largest absolute Gasteiger partial charge is 0.501 e. The van der Waals surface area contributed by atoms with E-state index in [4.69, 9.17) is 4.74 Å². The third-order valence-electron chi connectivity index (χ3n) is 3.78. The first-order valence-electron chi connectivity index (χ1n) is 7.00. The van der Waals surface area contributed by atoms with Crippen molar-refractivity contribution in [3.63, 3.8) is 0 Å². The van der Waals surface area contributed by atoms with Gasteiger partial charge >= 0.3 is 0 Å². The second-order valence-corrected chi connectivity index (χ2v) is 5.16. The fraction of sp³-hybridized carbons (Fsp3) is 0.500. The summed E-state index contributed by atoms with van der Waals surface area (Å²) in [7, 11) is 1.63. The summed E-state index contributed by atoms with van der Waals surface area (Å²) >= 11 is 0. The number of methoxy groups -OCH3 is 1. The van der Waals surface area contributed by atoms with Crippen molar-refractivity contribution in [2.45, 2.75) is 44.9 Å². The first kappa shape index (κ1) is 14.9. The van der Waals surface area contributed by atoms with E-state index in [1.54, 1.807) is 7.11 Å². The van der Waals surface area contributed by atoms with E-state index in [0.29, 0.717) is 18.4 Å². The van der Waals surface area contributed by atoms with E-state index < -0.39 is 17.5 Å². The van der Waals surface area contributed by atoms with Crippen LogP contribution in [0.3, 0.4) is 0 Å². The Balaban J connectivity index is 2.07. The van der Waals surface area contributed by atoms with E-state index in [1.165, 1.54) is 24.8 Å². The molecule has 1 aliphatic carbocycles. The molecule has 0 amide bonds. The van der Waals surface area contributed by atoms with E-state index in [9.17, 15) is 13.2 Å². The minimum absolute atomic E-state index is 0.445. The van der Waals surface area contributed by atoms with Gasteiger partial charge in [-0.3, -0.25) is 0 Å². The molecule has 0 atom stereocenters. The van der Waals surface area contributed by atoms with Gasteiger partial charge in [0.15, 0.2) is 17.5 Å². The molecule has 1 saturated carbocycles. The number of hydrogen-bond donors (Lipinski definition) is 0. The van der Waals surface area contributed by atoms with Gasteiger partial charge in [0.05, 0.1) is 12.9 Å². The summed E-state index contributed by atoms with van der Waals surface area (Å²) in [5.41, 5.74) is 1.76. The number of hydrogen-bond acceptors (Lipinski definition) is 1. The first-order chi connectivity index (χ1) is 9.61. The zero-order valence-electron chi connectivity index (χ0n) is 11.6. The highest BCUT2D eigenvalue weighted by molar-refractivity contribution is 5.21. The van der Waals surface area contributed by atoms with Gasteiger partial charge in [0.25, 0.3) is 0 Å². The first-order valence-corrected chi connectivity index (χ1v) is 7.00. The number of halogens is 3. The molecule has 1 aliphatic rings. The van der Waals surface area contributed by atoms with Crippen LogP contribution in [0.5, 0.6) is 0 Å². The lowest BCUT2D eigenvalue weighted by Crippen LogP contribution is -2.03. The van der Waals surface area contributed by atoms with Gasteiger partial charge in [-0.2, -0.15) is 0 Å². The number of rotatable bonds is 4. The quantitative estimate of drug-likeness (QED) is 0.564. The van der Waals surface area contributed by atoms with Crippen molar-refractivity contribution in [2.75, 3.05) is 7.11 Å². The maximum atomic E-state index is 13.1. The van der Waals surface area contributed by atoms with Crippen molar-refractivity contribution in [2.24, 2.45) is 0 Å². The average molecular weight is 284 g/mol. The standard InChI is InChI=1S/C16H19F3O/c1-20-15(12-5-3-2-4-6-12)8-7-11-9-13(17)16(19)14(18)10-11/h9-10H,2-8H2,1H3. The van der Waals surface area contributed by atoms with Crippen molar-refractivity contribution >= 4 is 0 Å². The normalized spacial score (nSPS) is 15.3. The molecule has 20 heavy (non-hydrogen) atoms. The molecule has 0 unspecified atom stereocenters. The predicted octanol–water partition coefficient (Wildman–Crippen LogP) is 4.90. The summed E-state index contributed by atoms with van der Waals surface area (Å²) < 4.78 is 44.6. The molecule has 0 aliphatic heterocycles. The molecule has 1 fully saturated rings. The van der Waals surface area contributed by atoms with Gasteiger partial charge in [-0.1, -0.05) is 6.42 Å². The number of ether oxygens (including phenoxy) is 1. The fourth-order valence-electron chi connectivity index (χ4n) is 2.69. The zero-order chi connectivity index (χ0) is 14.5. The number of benzene rings is 1. The number of aryl methyl sites for hydroxylation is 1. The van der Waals surface area contributed by atoms with Crippen LogP contribution < -0.4 is 0 Å². The summed E-state index contributed by atoms with van der Waals surface area (Å²) in [4.78, 5) is 0. The van der Waals surface area contributed by atoms with Crippen molar-refractivity contribution in [1.29, 1.82) is 0 Å². The Bertz CT molecular complexity index is 477. The van der Waals surface area contributed by atoms with Gasteiger partial charge in [0, 0.05) is 6.42 Å². The van der Waals surface area contributed by atoms with Crippen molar-refractivity contribution in [1.82, 2.24) is 0 Å². The van der Waals surface area contributed by atoms with Gasteiger partial charge in [-0.15, -0.1) is 0 Å². The Morgan fingerprint density at radius 1 is 1.05 bits per heavy atom. The average Bonchev–Trinajstić information content (AvgIpc) is 2.46. The molecular formula is C16H19F3O. The summed E-state index contributed by atoms with van der Waals surface area (Å²) in [6.45, 7) is 0. The van der Waals surface area contributed by atoms with Crippen LogP contribution in [0.2, 0.25) is 0 Å². The fourth-order valence-corrected chi connectivity index (χ4v) is 2.69. The highest BCUT2D eigenvalue weighted by atomic mass is 19.2. The van der Waals surface area contributed by atoms with Crippen molar-refractivity contribution in [3.8, 4) is 0 Å². The van der Waals surface area contributed by atoms with E-state index in [1.807, 2.05) is 0 Å². The minimum atomic E-state index is -1.41. The zero-order valence-corrected chi connectivity index (χ0v) is 11.6. The van der Waals surface area contributed by atoms with E-state index in [-0.39, 0.29) is 0 Å². The van der Waals surface area contributed by atoms with Gasteiger partial charge in [-0.05, 0) is 55.4 Å². The molecule has 0 saturated heterocycles. The lowest BCUT2D eigenvalue weighted by Gasteiger charge is -2.18. The monoisotopic (exact) mass is 284 g/mol. The number of allylic oxidation sites excluding steroid dienone is 2. The molecule has 1 aromatic rings. The molecule has 0 radical (unpaired) electrons. The molecule has 0 aromatic heterocycles. The lowest BCUT2D eigenvalue weighted by molar-refractivity contribution is 0.266. The van der Waals surface area contributed by atoms with Crippen molar-refractivity contribution in [3.05, 3.63) is 46.5 Å². The minimum Gasteiger partial charge on any atom is -0.501 e. The van der Waals surface area contributed by atoms with Crippen LogP contribution in [0, 0.1) is 17.5 Å². The van der Waals surface area contributed by atoms with Gasteiger partial charge in [0.2, 0.25) is 0 Å². The SMILES string of the molecule is COC(CCc1cc(F)c(F)c(F)c1)=C1CCCCC1. The second-order valence-electron chi connectivity index (χ2n) is 5.16. The Morgan fingerprint density at radius 2 is 1.65 bits per heavy atom. The third kappa shape index (κ3) is 3.56. The molecule has 2 rings (SSSR count). The maximum Gasteiger partial charge on any atom is 0.194 e. The molecule has 1 nitrogen and oxygen atoms in total. The molecular weight excluding hydrogens is 265 g/mol. The van der Waals surface area contributed by atoms with E-state index >= 15 is 0 Å². The van der Waals surface area contributed by atoms with E-state index in [0.717, 1.165) is 30.7 Å². The Labute approximate surface area is 117 Å². The van der Waals surface area contributed by atoms with Crippen LogP contribution in [-0.4, -0.2) is 7.11 Å². The molecule has 4 heteroatoms. The Morgan fingerprint density at radius 3 is 2.20 bits per heavy atom. The summed E-state index contributed by atoms with van der Waals surface area (Å²) in [6, 6.07) is 2.11. The third-order valence-corrected chi connectivity index (χ3v) is 3.78. The van der Waals surface area contributed by atoms with Crippen LogP contribution in [0.1, 0.15) is 44.1 Å². The predicted molar refractivity (Wildman–Crippen MR) is 71.8 cm³/mol.